The van der Waals surface area contributed by atoms with Crippen LogP contribution in [0.15, 0.2) is 42.5 Å². The third-order valence-electron chi connectivity index (χ3n) is 4.48. The Morgan fingerprint density at radius 2 is 1.69 bits per heavy atom. The second-order valence-corrected chi connectivity index (χ2v) is 9.86. The predicted octanol–water partition coefficient (Wildman–Crippen LogP) is 5.10. The van der Waals surface area contributed by atoms with Crippen LogP contribution >= 0.6 is 18.9 Å². The first-order chi connectivity index (χ1) is 13.8. The number of aryl methyl sites for hydroxylation is 3. The summed E-state index contributed by atoms with van der Waals surface area (Å²) in [6.07, 6.45) is 0. The lowest BCUT2D eigenvalue weighted by atomic mass is 10.2. The molecule has 8 heteroatoms. The number of rotatable bonds is 6. The number of thiazole rings is 1. The van der Waals surface area contributed by atoms with Gasteiger partial charge in [0.2, 0.25) is 0 Å². The molecule has 0 aliphatic rings. The fourth-order valence-corrected chi connectivity index (χ4v) is 5.59. The van der Waals surface area contributed by atoms with Gasteiger partial charge in [-0.15, -0.1) is 11.3 Å². The molecule has 3 rings (SSSR count). The van der Waals surface area contributed by atoms with Crippen LogP contribution in [0.2, 0.25) is 0 Å². The van der Waals surface area contributed by atoms with Gasteiger partial charge >= 0.3 is 13.5 Å². The number of esters is 1. The van der Waals surface area contributed by atoms with E-state index >= 15 is 0 Å². The summed E-state index contributed by atoms with van der Waals surface area (Å²) in [7, 11) is -0.833. The third kappa shape index (κ3) is 4.42. The van der Waals surface area contributed by atoms with Gasteiger partial charge in [-0.25, -0.2) is 9.78 Å². The van der Waals surface area contributed by atoms with Crippen molar-refractivity contribution in [2.75, 3.05) is 19.3 Å². The van der Waals surface area contributed by atoms with Crippen LogP contribution in [0, 0.1) is 20.8 Å². The van der Waals surface area contributed by atoms with Crippen LogP contribution in [-0.2, 0) is 13.8 Å². The maximum Gasteiger partial charge on any atom is 0.351 e. The number of aromatic nitrogens is 1. The van der Waals surface area contributed by atoms with Crippen LogP contribution in [0.25, 0.3) is 10.6 Å². The molecule has 6 nitrogen and oxygen atoms in total. The molecule has 3 aromatic rings. The Labute approximate surface area is 174 Å². The Kier molecular flexibility index (Phi) is 6.22. The molecule has 0 saturated heterocycles. The Balaban J connectivity index is 2.07. The molecule has 0 radical (unpaired) electrons. The molecule has 0 spiro atoms. The van der Waals surface area contributed by atoms with Crippen molar-refractivity contribution in [3.63, 3.8) is 0 Å². The second kappa shape index (κ2) is 8.49. The number of carbonyl (C=O) groups excluding carboxylic acids is 1. The number of nitrogens with one attached hydrogen (secondary N) is 1. The number of hydrogen-bond acceptors (Lipinski definition) is 6. The summed E-state index contributed by atoms with van der Waals surface area (Å²) in [5, 5.41) is 4.05. The van der Waals surface area contributed by atoms with Crippen molar-refractivity contribution in [3.05, 3.63) is 64.0 Å². The van der Waals surface area contributed by atoms with Gasteiger partial charge in [-0.3, -0.25) is 9.65 Å². The smallest absolute Gasteiger partial charge is 0.351 e. The van der Waals surface area contributed by atoms with E-state index in [9.17, 15) is 9.36 Å². The third-order valence-corrected chi connectivity index (χ3v) is 7.72. The van der Waals surface area contributed by atoms with Crippen LogP contribution in [0.3, 0.4) is 0 Å². The number of ether oxygens (including phenoxy) is 1. The van der Waals surface area contributed by atoms with Crippen molar-refractivity contribution in [3.8, 4) is 10.6 Å². The topological polar surface area (TPSA) is 77.5 Å². The average molecular weight is 430 g/mol. The van der Waals surface area contributed by atoms with Crippen LogP contribution in [-0.4, -0.2) is 25.2 Å². The molecule has 2 aromatic carbocycles. The van der Waals surface area contributed by atoms with Crippen LogP contribution in [0.4, 0.5) is 5.82 Å². The standard InChI is InChI=1S/C21H23N2O4PS/c1-13-6-9-16(10-7-13)20-22-19(18(29-20)21(24)26-4)23-28(25,27-5)17-11-8-14(2)12-15(17)3/h6-12H,1-5H3,(H,23,25). The highest BCUT2D eigenvalue weighted by Gasteiger charge is 2.31. The SMILES string of the molecule is COC(=O)c1sc(-c2ccc(C)cc2)nc1NP(=O)(OC)c1ccc(C)cc1C. The molecule has 1 N–H and O–H groups in total. The molecule has 0 bridgehead atoms. The van der Waals surface area contributed by atoms with E-state index in [1.54, 1.807) is 6.07 Å². The summed E-state index contributed by atoms with van der Waals surface area (Å²) < 4.78 is 23.9. The number of methoxy groups -OCH3 is 1. The zero-order valence-electron chi connectivity index (χ0n) is 17.0. The van der Waals surface area contributed by atoms with E-state index in [-0.39, 0.29) is 10.7 Å². The molecule has 29 heavy (non-hydrogen) atoms. The minimum Gasteiger partial charge on any atom is -0.465 e. The summed E-state index contributed by atoms with van der Waals surface area (Å²) >= 11 is 1.18. The highest BCUT2D eigenvalue weighted by molar-refractivity contribution is 7.68. The minimum absolute atomic E-state index is 0.183. The molecule has 0 amide bonds. The largest absolute Gasteiger partial charge is 0.465 e. The highest BCUT2D eigenvalue weighted by atomic mass is 32.1. The Morgan fingerprint density at radius 1 is 1.03 bits per heavy atom. The van der Waals surface area contributed by atoms with E-state index in [1.165, 1.54) is 25.6 Å². The molecule has 1 aromatic heterocycles. The molecule has 1 atom stereocenters. The van der Waals surface area contributed by atoms with Crippen LogP contribution < -0.4 is 10.4 Å². The fraction of sp³-hybridized carbons (Fsp3) is 0.238. The van der Waals surface area contributed by atoms with E-state index < -0.39 is 13.5 Å². The normalized spacial score (nSPS) is 13.0. The number of anilines is 1. The minimum atomic E-state index is -3.51. The number of benzene rings is 2. The Bertz CT molecular complexity index is 1090. The summed E-state index contributed by atoms with van der Waals surface area (Å²) in [4.78, 5) is 17.1. The zero-order chi connectivity index (χ0) is 21.2. The van der Waals surface area contributed by atoms with E-state index in [0.717, 1.165) is 22.3 Å². The van der Waals surface area contributed by atoms with Gasteiger partial charge in [0.05, 0.1) is 12.4 Å². The molecule has 152 valence electrons. The van der Waals surface area contributed by atoms with Crippen molar-refractivity contribution in [2.45, 2.75) is 20.8 Å². The lowest BCUT2D eigenvalue weighted by Crippen LogP contribution is -2.17. The summed E-state index contributed by atoms with van der Waals surface area (Å²) in [5.74, 6) is -0.366. The zero-order valence-corrected chi connectivity index (χ0v) is 18.7. The van der Waals surface area contributed by atoms with Gasteiger partial charge in [-0.1, -0.05) is 47.5 Å². The van der Waals surface area contributed by atoms with Crippen LogP contribution in [0.1, 0.15) is 26.4 Å². The number of nitrogens with zero attached hydrogens (tertiary/aromatic N) is 1. The van der Waals surface area contributed by atoms with Crippen LogP contribution in [0.5, 0.6) is 0 Å². The van der Waals surface area contributed by atoms with Gasteiger partial charge in [0.1, 0.15) is 5.01 Å². The Hall–Kier alpha value is -2.47. The average Bonchev–Trinajstić information content (AvgIpc) is 3.11. The van der Waals surface area contributed by atoms with Gasteiger partial charge in [-0.2, -0.15) is 0 Å². The fourth-order valence-electron chi connectivity index (χ4n) is 2.93. The summed E-state index contributed by atoms with van der Waals surface area (Å²) in [6.45, 7) is 5.83. The number of hydrogen-bond donors (Lipinski definition) is 1. The summed E-state index contributed by atoms with van der Waals surface area (Å²) in [6, 6.07) is 13.4. The first-order valence-electron chi connectivity index (χ1n) is 8.95. The van der Waals surface area contributed by atoms with Gasteiger partial charge in [0.25, 0.3) is 0 Å². The van der Waals surface area contributed by atoms with Crippen molar-refractivity contribution in [1.29, 1.82) is 0 Å². The van der Waals surface area contributed by atoms with Gasteiger partial charge in [0, 0.05) is 12.7 Å². The molecule has 0 aliphatic carbocycles. The van der Waals surface area contributed by atoms with E-state index in [0.29, 0.717) is 10.3 Å². The molecule has 0 aliphatic heterocycles. The highest BCUT2D eigenvalue weighted by Crippen LogP contribution is 2.47. The summed E-state index contributed by atoms with van der Waals surface area (Å²) in [5.41, 5.74) is 3.86. The van der Waals surface area contributed by atoms with E-state index in [1.807, 2.05) is 57.2 Å². The van der Waals surface area contributed by atoms with Crippen molar-refractivity contribution < 1.29 is 18.6 Å². The van der Waals surface area contributed by atoms with Crippen molar-refractivity contribution in [2.24, 2.45) is 0 Å². The molecular formula is C21H23N2O4PS. The Morgan fingerprint density at radius 3 is 2.28 bits per heavy atom. The van der Waals surface area contributed by atoms with Gasteiger partial charge < -0.3 is 9.26 Å². The first kappa shape index (κ1) is 21.2. The monoisotopic (exact) mass is 430 g/mol. The molecular weight excluding hydrogens is 407 g/mol. The van der Waals surface area contributed by atoms with Crippen molar-refractivity contribution >= 4 is 35.9 Å². The molecule has 1 unspecified atom stereocenters. The first-order valence-corrected chi connectivity index (χ1v) is 11.4. The maximum absolute atomic E-state index is 13.6. The lowest BCUT2D eigenvalue weighted by Gasteiger charge is -2.20. The second-order valence-electron chi connectivity index (χ2n) is 6.69. The van der Waals surface area contributed by atoms with E-state index in [4.69, 9.17) is 9.26 Å². The van der Waals surface area contributed by atoms with Gasteiger partial charge in [-0.05, 0) is 32.4 Å². The maximum atomic E-state index is 13.6. The quantitative estimate of drug-likeness (QED) is 0.433. The van der Waals surface area contributed by atoms with Gasteiger partial charge in [0.15, 0.2) is 10.7 Å². The van der Waals surface area contributed by atoms with E-state index in [2.05, 4.69) is 10.1 Å². The van der Waals surface area contributed by atoms with Crippen molar-refractivity contribution in [1.82, 2.24) is 4.98 Å². The molecule has 1 heterocycles. The predicted molar refractivity (Wildman–Crippen MR) is 117 cm³/mol. The molecule has 0 saturated carbocycles. The molecule has 0 fully saturated rings. The number of carbonyl (C=O) groups is 1. The lowest BCUT2D eigenvalue weighted by molar-refractivity contribution is 0.0607.